The van der Waals surface area contributed by atoms with Crippen molar-refractivity contribution in [1.29, 1.82) is 0 Å². The molecular formula is C33H33O10P. The van der Waals surface area contributed by atoms with Gasteiger partial charge in [0.25, 0.3) is 0 Å². The number of ether oxygens (including phenoxy) is 3. The van der Waals surface area contributed by atoms with E-state index >= 15 is 4.57 Å². The van der Waals surface area contributed by atoms with Crippen LogP contribution in [0.2, 0.25) is 0 Å². The molecule has 0 saturated carbocycles. The average molecular weight is 621 g/mol. The van der Waals surface area contributed by atoms with Crippen LogP contribution in [0.3, 0.4) is 0 Å². The van der Waals surface area contributed by atoms with Crippen LogP contribution in [-0.4, -0.2) is 17.9 Å². The average Bonchev–Trinajstić information content (AvgIpc) is 3.01. The molecular weight excluding hydrogens is 587 g/mol. The van der Waals surface area contributed by atoms with Gasteiger partial charge in [-0.05, 0) is 0 Å². The normalized spacial score (nSPS) is 16.3. The van der Waals surface area contributed by atoms with Gasteiger partial charge in [0.05, 0.1) is 0 Å². The molecule has 11 heteroatoms. The number of phosphoric acid groups is 1. The zero-order chi connectivity index (χ0) is 32.4. The zero-order valence-electron chi connectivity index (χ0n) is 24.5. The molecule has 0 spiro atoms. The Hall–Kier alpha value is -4.60. The molecule has 0 aromatic heterocycles. The lowest BCUT2D eigenvalue weighted by Gasteiger charge is -2.39. The van der Waals surface area contributed by atoms with E-state index < -0.39 is 43.1 Å². The molecule has 0 saturated heterocycles. The highest BCUT2D eigenvalue weighted by Gasteiger charge is 2.53. The molecule has 3 rings (SSSR count). The molecule has 0 N–H and O–H groups in total. The lowest BCUT2D eigenvalue weighted by molar-refractivity contribution is -0.239. The SMILES string of the molecule is C=CC(=O)OC(C)(OP(=O)(OC(C)(OC(=O)C=C)c1ccccc1)OC(C)(OC(=O)C=C)c1ccccc1)c1ccccc1. The summed E-state index contributed by atoms with van der Waals surface area (Å²) in [6.07, 6.45) is 2.66. The minimum Gasteiger partial charge on any atom is -0.425 e. The highest BCUT2D eigenvalue weighted by atomic mass is 31.2. The van der Waals surface area contributed by atoms with E-state index in [9.17, 15) is 14.4 Å². The molecule has 0 aliphatic carbocycles. The Morgan fingerprint density at radius 1 is 0.523 bits per heavy atom. The molecule has 10 nitrogen and oxygen atoms in total. The minimum absolute atomic E-state index is 0.219. The van der Waals surface area contributed by atoms with Gasteiger partial charge >= 0.3 is 25.7 Å². The summed E-state index contributed by atoms with van der Waals surface area (Å²) in [4.78, 5) is 37.5. The number of phosphoric ester groups is 1. The Morgan fingerprint density at radius 3 is 0.955 bits per heavy atom. The van der Waals surface area contributed by atoms with Crippen LogP contribution in [0.15, 0.2) is 129 Å². The van der Waals surface area contributed by atoms with Crippen LogP contribution in [0, 0.1) is 0 Å². The molecule has 0 bridgehead atoms. The third-order valence-electron chi connectivity index (χ3n) is 6.14. The molecule has 3 aromatic carbocycles. The van der Waals surface area contributed by atoms with E-state index in [1.165, 1.54) is 20.8 Å². The van der Waals surface area contributed by atoms with Crippen molar-refractivity contribution in [2.45, 2.75) is 38.1 Å². The first-order chi connectivity index (χ1) is 20.8. The second-order valence-corrected chi connectivity index (χ2v) is 11.0. The Kier molecular flexibility index (Phi) is 11.0. The smallest absolute Gasteiger partial charge is 0.425 e. The maximum absolute atomic E-state index is 15.1. The van der Waals surface area contributed by atoms with Gasteiger partial charge in [-0.3, -0.25) is 0 Å². The van der Waals surface area contributed by atoms with Gasteiger partial charge in [-0.15, -0.1) is 0 Å². The predicted octanol–water partition coefficient (Wildman–Crippen LogP) is 6.95. The Labute approximate surface area is 256 Å². The zero-order valence-corrected chi connectivity index (χ0v) is 25.4. The number of benzene rings is 3. The minimum atomic E-state index is -5.21. The van der Waals surface area contributed by atoms with Crippen molar-refractivity contribution < 1.29 is 46.7 Å². The quantitative estimate of drug-likeness (QED) is 0.0580. The van der Waals surface area contributed by atoms with Gasteiger partial charge < -0.3 is 14.2 Å². The van der Waals surface area contributed by atoms with Gasteiger partial charge in [-0.2, -0.15) is 0 Å². The van der Waals surface area contributed by atoms with E-state index in [1.54, 1.807) is 91.0 Å². The molecule has 3 unspecified atom stereocenters. The van der Waals surface area contributed by atoms with Crippen LogP contribution in [0.5, 0.6) is 0 Å². The van der Waals surface area contributed by atoms with Gasteiger partial charge in [0, 0.05) is 55.7 Å². The fourth-order valence-corrected chi connectivity index (χ4v) is 5.83. The molecule has 230 valence electrons. The molecule has 0 radical (unpaired) electrons. The van der Waals surface area contributed by atoms with Crippen LogP contribution in [-0.2, 0) is 64.1 Å². The van der Waals surface area contributed by atoms with Crippen LogP contribution < -0.4 is 0 Å². The van der Waals surface area contributed by atoms with Crippen molar-refractivity contribution in [1.82, 2.24) is 0 Å². The number of hydrogen-bond donors (Lipinski definition) is 0. The summed E-state index contributed by atoms with van der Waals surface area (Å²) in [6, 6.07) is 24.2. The molecule has 3 aromatic rings. The van der Waals surface area contributed by atoms with Crippen molar-refractivity contribution in [2.75, 3.05) is 0 Å². The molecule has 0 fully saturated rings. The van der Waals surface area contributed by atoms with Crippen LogP contribution >= 0.6 is 7.82 Å². The summed E-state index contributed by atoms with van der Waals surface area (Å²) in [5, 5.41) is 0. The van der Waals surface area contributed by atoms with Gasteiger partial charge in [0.15, 0.2) is 0 Å². The van der Waals surface area contributed by atoms with Crippen molar-refractivity contribution in [3.8, 4) is 0 Å². The molecule has 44 heavy (non-hydrogen) atoms. The van der Waals surface area contributed by atoms with E-state index in [0.717, 1.165) is 18.2 Å². The first kappa shape index (κ1) is 33.9. The Morgan fingerprint density at radius 2 is 0.750 bits per heavy atom. The summed E-state index contributed by atoms with van der Waals surface area (Å²) in [5.74, 6) is -9.26. The number of carbonyl (C=O) groups excluding carboxylic acids is 3. The topological polar surface area (TPSA) is 124 Å². The second kappa shape index (κ2) is 14.2. The summed E-state index contributed by atoms with van der Waals surface area (Å²) < 4.78 is 49.8. The second-order valence-electron chi connectivity index (χ2n) is 9.53. The number of hydrogen-bond acceptors (Lipinski definition) is 10. The standard InChI is InChI=1S/C33H33O10P/c1-7-28(34)38-31(4,25-19-13-10-14-20-25)41-44(37,42-32(5,39-29(35)8-2)26-21-15-11-16-22-26)43-33(6,40-30(36)9-3)27-23-17-12-18-24-27/h7-24H,1-3H2,4-6H3. The van der Waals surface area contributed by atoms with Crippen LogP contribution in [0.25, 0.3) is 0 Å². The van der Waals surface area contributed by atoms with E-state index in [2.05, 4.69) is 19.7 Å². The summed E-state index contributed by atoms with van der Waals surface area (Å²) >= 11 is 0. The van der Waals surface area contributed by atoms with Gasteiger partial charge in [0.2, 0.25) is 17.4 Å². The third-order valence-corrected chi connectivity index (χ3v) is 7.85. The van der Waals surface area contributed by atoms with E-state index in [1.807, 2.05) is 0 Å². The summed E-state index contributed by atoms with van der Waals surface area (Å²) in [6.45, 7) is 14.2. The van der Waals surface area contributed by atoms with Gasteiger partial charge in [0.1, 0.15) is 0 Å². The fraction of sp³-hybridized carbons (Fsp3) is 0.182. The van der Waals surface area contributed by atoms with Crippen molar-refractivity contribution in [3.05, 3.63) is 146 Å². The number of esters is 3. The molecule has 3 atom stereocenters. The lowest BCUT2D eigenvalue weighted by atomic mass is 10.1. The van der Waals surface area contributed by atoms with Crippen molar-refractivity contribution in [3.63, 3.8) is 0 Å². The molecule has 0 heterocycles. The highest BCUT2D eigenvalue weighted by Crippen LogP contribution is 2.62. The summed E-state index contributed by atoms with van der Waals surface area (Å²) in [7, 11) is -5.21. The van der Waals surface area contributed by atoms with Gasteiger partial charge in [-0.1, -0.05) is 111 Å². The van der Waals surface area contributed by atoms with Crippen molar-refractivity contribution >= 4 is 25.7 Å². The van der Waals surface area contributed by atoms with E-state index in [-0.39, 0.29) is 16.7 Å². The Bertz CT molecular complexity index is 1360. The lowest BCUT2D eigenvalue weighted by Crippen LogP contribution is -2.38. The van der Waals surface area contributed by atoms with Crippen LogP contribution in [0.4, 0.5) is 0 Å². The monoisotopic (exact) mass is 620 g/mol. The first-order valence-electron chi connectivity index (χ1n) is 13.3. The molecule has 0 amide bonds. The number of rotatable bonds is 15. The first-order valence-corrected chi connectivity index (χ1v) is 14.7. The molecule has 0 aliphatic rings. The van der Waals surface area contributed by atoms with Crippen LogP contribution in [0.1, 0.15) is 37.5 Å². The maximum atomic E-state index is 15.1. The van der Waals surface area contributed by atoms with Crippen molar-refractivity contribution in [2.24, 2.45) is 0 Å². The summed E-state index contributed by atoms with van der Waals surface area (Å²) in [5.41, 5.74) is 0.657. The van der Waals surface area contributed by atoms with E-state index in [4.69, 9.17) is 27.8 Å². The largest absolute Gasteiger partial charge is 0.485 e. The highest BCUT2D eigenvalue weighted by molar-refractivity contribution is 7.48. The Balaban J connectivity index is 2.27. The van der Waals surface area contributed by atoms with E-state index in [0.29, 0.717) is 0 Å². The molecule has 0 aliphatic heterocycles. The third kappa shape index (κ3) is 8.49. The predicted molar refractivity (Wildman–Crippen MR) is 161 cm³/mol. The maximum Gasteiger partial charge on any atom is 0.485 e. The fourth-order valence-electron chi connectivity index (χ4n) is 4.01. The van der Waals surface area contributed by atoms with Gasteiger partial charge in [-0.25, -0.2) is 32.5 Å². The number of carbonyl (C=O) groups is 3.